The van der Waals surface area contributed by atoms with Crippen LogP contribution in [0.1, 0.15) is 44.9 Å². The summed E-state index contributed by atoms with van der Waals surface area (Å²) >= 11 is 0. The molecule has 0 aliphatic heterocycles. The zero-order valence-corrected chi connectivity index (χ0v) is 7.52. The predicted octanol–water partition coefficient (Wildman–Crippen LogP) is 3.94. The zero-order chi connectivity index (χ0) is 8.36. The van der Waals surface area contributed by atoms with Gasteiger partial charge < -0.3 is 0 Å². The van der Waals surface area contributed by atoms with Crippen LogP contribution in [0.4, 0.5) is 0 Å². The Morgan fingerprint density at radius 3 is 2.18 bits per heavy atom. The van der Waals surface area contributed by atoms with Gasteiger partial charge in [0.25, 0.3) is 0 Å². The van der Waals surface area contributed by atoms with Crippen LogP contribution >= 0.6 is 0 Å². The summed E-state index contributed by atoms with van der Waals surface area (Å²) in [6, 6.07) is 0. The smallest absolute Gasteiger partial charge is 0.0351 e. The Labute approximate surface area is 71.7 Å². The highest BCUT2D eigenvalue weighted by Crippen LogP contribution is 2.05. The summed E-state index contributed by atoms with van der Waals surface area (Å²) in [7, 11) is 0. The normalized spacial score (nSPS) is 11.1. The van der Waals surface area contributed by atoms with Crippen molar-refractivity contribution in [2.24, 2.45) is 0 Å². The molecule has 0 aliphatic rings. The molecule has 0 unspecified atom stereocenters. The van der Waals surface area contributed by atoms with Crippen molar-refractivity contribution in [3.05, 3.63) is 26.0 Å². The molecule has 0 nitrogen and oxygen atoms in total. The summed E-state index contributed by atoms with van der Waals surface area (Å²) < 4.78 is 0. The van der Waals surface area contributed by atoms with E-state index < -0.39 is 0 Å². The maximum absolute atomic E-state index is 3.81. The molecule has 0 atom stereocenters. The molecule has 2 radical (unpaired) electrons. The van der Waals surface area contributed by atoms with Gasteiger partial charge >= 0.3 is 0 Å². The maximum Gasteiger partial charge on any atom is -0.0351 e. The molecular formula is C11H20. The molecular weight excluding hydrogens is 132 g/mol. The van der Waals surface area contributed by atoms with Crippen molar-refractivity contribution in [2.45, 2.75) is 44.9 Å². The largest absolute Gasteiger partial charge is 0.0885 e. The van der Waals surface area contributed by atoms with Gasteiger partial charge in [-0.3, -0.25) is 0 Å². The van der Waals surface area contributed by atoms with Gasteiger partial charge in [0.1, 0.15) is 0 Å². The molecule has 0 saturated heterocycles. The van der Waals surface area contributed by atoms with Crippen LogP contribution < -0.4 is 0 Å². The molecule has 0 heteroatoms. The van der Waals surface area contributed by atoms with Crippen LogP contribution in [0, 0.1) is 13.8 Å². The van der Waals surface area contributed by atoms with E-state index in [1.165, 1.54) is 32.1 Å². The fourth-order valence-electron chi connectivity index (χ4n) is 1.03. The first-order valence-corrected chi connectivity index (χ1v) is 4.65. The van der Waals surface area contributed by atoms with Gasteiger partial charge in [-0.1, -0.05) is 44.8 Å². The SMILES string of the molecule is [CH2]C/C=C/CCCCCC[CH2]. The Hall–Kier alpha value is -0.260. The van der Waals surface area contributed by atoms with Crippen molar-refractivity contribution in [1.82, 2.24) is 0 Å². The van der Waals surface area contributed by atoms with Gasteiger partial charge in [0.2, 0.25) is 0 Å². The van der Waals surface area contributed by atoms with Gasteiger partial charge in [-0.25, -0.2) is 0 Å². The second-order valence-corrected chi connectivity index (χ2v) is 2.82. The molecule has 0 aromatic heterocycles. The zero-order valence-electron chi connectivity index (χ0n) is 7.52. The Morgan fingerprint density at radius 2 is 1.55 bits per heavy atom. The third-order valence-corrected chi connectivity index (χ3v) is 1.70. The Bertz CT molecular complexity index is 82.0. The Balaban J connectivity index is 2.85. The summed E-state index contributed by atoms with van der Waals surface area (Å²) in [5.74, 6) is 0. The molecule has 0 aliphatic carbocycles. The molecule has 0 rings (SSSR count). The summed E-state index contributed by atoms with van der Waals surface area (Å²) in [5.41, 5.74) is 0. The topological polar surface area (TPSA) is 0 Å². The van der Waals surface area contributed by atoms with Crippen LogP contribution in [-0.2, 0) is 0 Å². The Morgan fingerprint density at radius 1 is 0.818 bits per heavy atom. The van der Waals surface area contributed by atoms with Crippen LogP contribution in [0.15, 0.2) is 12.2 Å². The van der Waals surface area contributed by atoms with Crippen LogP contribution in [0.3, 0.4) is 0 Å². The third-order valence-electron chi connectivity index (χ3n) is 1.70. The third kappa shape index (κ3) is 9.74. The monoisotopic (exact) mass is 152 g/mol. The maximum atomic E-state index is 3.81. The molecule has 0 aromatic rings. The number of hydrogen-bond donors (Lipinski definition) is 0. The lowest BCUT2D eigenvalue weighted by molar-refractivity contribution is 0.651. The second-order valence-electron chi connectivity index (χ2n) is 2.82. The highest BCUT2D eigenvalue weighted by atomic mass is 13.9. The van der Waals surface area contributed by atoms with Gasteiger partial charge in [-0.15, -0.1) is 0 Å². The average molecular weight is 152 g/mol. The van der Waals surface area contributed by atoms with Crippen molar-refractivity contribution in [1.29, 1.82) is 0 Å². The minimum Gasteiger partial charge on any atom is -0.0885 e. The first-order valence-electron chi connectivity index (χ1n) is 4.65. The summed E-state index contributed by atoms with van der Waals surface area (Å²) in [4.78, 5) is 0. The average Bonchev–Trinajstić information content (AvgIpc) is 2.03. The van der Waals surface area contributed by atoms with Crippen LogP contribution in [-0.4, -0.2) is 0 Å². The molecule has 0 spiro atoms. The van der Waals surface area contributed by atoms with Crippen molar-refractivity contribution in [2.75, 3.05) is 0 Å². The molecule has 0 fully saturated rings. The molecule has 0 saturated carbocycles. The number of hydrogen-bond acceptors (Lipinski definition) is 0. The highest BCUT2D eigenvalue weighted by Gasteiger charge is 1.85. The number of unbranched alkanes of at least 4 members (excludes halogenated alkanes) is 5. The first-order chi connectivity index (χ1) is 5.41. The minimum atomic E-state index is 0.929. The standard InChI is InChI=1S/C11H20/c1-3-5-7-9-11-10-8-6-4-2/h5,7H,1-4,6,8-11H2/b7-5+. The van der Waals surface area contributed by atoms with Gasteiger partial charge in [0, 0.05) is 0 Å². The van der Waals surface area contributed by atoms with Crippen LogP contribution in [0.5, 0.6) is 0 Å². The van der Waals surface area contributed by atoms with E-state index in [0.717, 1.165) is 12.8 Å². The Kier molecular flexibility index (Phi) is 9.51. The lowest BCUT2D eigenvalue weighted by atomic mass is 10.1. The van der Waals surface area contributed by atoms with Gasteiger partial charge in [0.15, 0.2) is 0 Å². The van der Waals surface area contributed by atoms with Crippen LogP contribution in [0.25, 0.3) is 0 Å². The lowest BCUT2D eigenvalue weighted by Gasteiger charge is -1.95. The fourth-order valence-corrected chi connectivity index (χ4v) is 1.03. The lowest BCUT2D eigenvalue weighted by Crippen LogP contribution is -1.75. The van der Waals surface area contributed by atoms with E-state index >= 15 is 0 Å². The van der Waals surface area contributed by atoms with E-state index in [-0.39, 0.29) is 0 Å². The molecule has 64 valence electrons. The summed E-state index contributed by atoms with van der Waals surface area (Å²) in [6.45, 7) is 7.55. The minimum absolute atomic E-state index is 0.929. The van der Waals surface area contributed by atoms with Gasteiger partial charge in [-0.05, 0) is 26.2 Å². The van der Waals surface area contributed by atoms with E-state index in [2.05, 4.69) is 26.0 Å². The van der Waals surface area contributed by atoms with E-state index in [9.17, 15) is 0 Å². The first kappa shape index (κ1) is 10.7. The highest BCUT2D eigenvalue weighted by molar-refractivity contribution is 4.81. The molecule has 0 heterocycles. The van der Waals surface area contributed by atoms with Crippen molar-refractivity contribution >= 4 is 0 Å². The molecule has 0 N–H and O–H groups in total. The van der Waals surface area contributed by atoms with E-state index in [1.54, 1.807) is 0 Å². The van der Waals surface area contributed by atoms with Crippen molar-refractivity contribution < 1.29 is 0 Å². The van der Waals surface area contributed by atoms with E-state index in [0.29, 0.717) is 0 Å². The molecule has 0 aromatic carbocycles. The quantitative estimate of drug-likeness (QED) is 0.383. The van der Waals surface area contributed by atoms with Gasteiger partial charge in [-0.2, -0.15) is 0 Å². The number of rotatable bonds is 7. The van der Waals surface area contributed by atoms with Crippen molar-refractivity contribution in [3.8, 4) is 0 Å². The molecule has 0 bridgehead atoms. The van der Waals surface area contributed by atoms with E-state index in [1.807, 2.05) is 0 Å². The van der Waals surface area contributed by atoms with Crippen LogP contribution in [0.2, 0.25) is 0 Å². The fraction of sp³-hybridized carbons (Fsp3) is 0.636. The second kappa shape index (κ2) is 9.74. The predicted molar refractivity (Wildman–Crippen MR) is 52.2 cm³/mol. The summed E-state index contributed by atoms with van der Waals surface area (Å²) in [5, 5.41) is 0. The molecule has 11 heavy (non-hydrogen) atoms. The summed E-state index contributed by atoms with van der Waals surface area (Å²) in [6.07, 6.45) is 13.0. The van der Waals surface area contributed by atoms with Crippen molar-refractivity contribution in [3.63, 3.8) is 0 Å². The van der Waals surface area contributed by atoms with E-state index in [4.69, 9.17) is 0 Å². The molecule has 0 amide bonds. The number of allylic oxidation sites excluding steroid dienone is 2. The van der Waals surface area contributed by atoms with Gasteiger partial charge in [0.05, 0.1) is 0 Å².